The predicted molar refractivity (Wildman–Crippen MR) is 126 cm³/mol. The smallest absolute Gasteiger partial charge is 0.164 e. The topological polar surface area (TPSA) is 58.5 Å². The number of H-pyrrole nitrogens is 1. The first-order valence-corrected chi connectivity index (χ1v) is 11.7. The number of rotatable bonds is 4. The first-order chi connectivity index (χ1) is 16.0. The summed E-state index contributed by atoms with van der Waals surface area (Å²) < 4.78 is 30.3. The van der Waals surface area contributed by atoms with E-state index in [2.05, 4.69) is 17.2 Å². The Bertz CT molecular complexity index is 1330. The summed E-state index contributed by atoms with van der Waals surface area (Å²) in [6, 6.07) is 6.59. The first kappa shape index (κ1) is 20.4. The molecular formula is C26H27F2N5. The summed E-state index contributed by atoms with van der Waals surface area (Å²) in [5, 5.41) is 4.17. The highest BCUT2D eigenvalue weighted by atomic mass is 19.1. The van der Waals surface area contributed by atoms with Gasteiger partial charge >= 0.3 is 0 Å². The summed E-state index contributed by atoms with van der Waals surface area (Å²) in [7, 11) is 1.97. The quantitative estimate of drug-likeness (QED) is 0.395. The van der Waals surface area contributed by atoms with Crippen molar-refractivity contribution in [3.63, 3.8) is 0 Å². The highest BCUT2D eigenvalue weighted by molar-refractivity contribution is 5.94. The van der Waals surface area contributed by atoms with Gasteiger partial charge in [0.2, 0.25) is 0 Å². The molecular weight excluding hydrogens is 420 g/mol. The molecule has 3 aliphatic carbocycles. The minimum absolute atomic E-state index is 0.257. The van der Waals surface area contributed by atoms with Gasteiger partial charge in [-0.1, -0.05) is 6.92 Å². The number of halogens is 2. The molecule has 0 radical (unpaired) electrons. The third-order valence-corrected chi connectivity index (χ3v) is 7.75. The molecule has 2 atom stereocenters. The Hall–Kier alpha value is -3.22. The van der Waals surface area contributed by atoms with Gasteiger partial charge < -0.3 is 14.9 Å². The van der Waals surface area contributed by atoms with E-state index in [-0.39, 0.29) is 5.52 Å². The average Bonchev–Trinajstić information content (AvgIpc) is 3.43. The number of hydrogen-bond acceptors (Lipinski definition) is 3. The van der Waals surface area contributed by atoms with Crippen LogP contribution in [0.25, 0.3) is 33.5 Å². The van der Waals surface area contributed by atoms with Gasteiger partial charge in [0.15, 0.2) is 5.82 Å². The van der Waals surface area contributed by atoms with Crippen LogP contribution in [0.1, 0.15) is 32.6 Å². The van der Waals surface area contributed by atoms with E-state index in [1.54, 1.807) is 6.20 Å². The second-order valence-corrected chi connectivity index (χ2v) is 9.74. The molecule has 0 spiro atoms. The Labute approximate surface area is 191 Å². The van der Waals surface area contributed by atoms with Crippen LogP contribution in [0, 0.1) is 29.4 Å². The van der Waals surface area contributed by atoms with Crippen LogP contribution >= 0.6 is 0 Å². The zero-order valence-electron chi connectivity index (χ0n) is 18.8. The Balaban J connectivity index is 1.46. The summed E-state index contributed by atoms with van der Waals surface area (Å²) in [6.45, 7) is 2.35. The number of aryl methyl sites for hydroxylation is 1. The first-order valence-electron chi connectivity index (χ1n) is 11.7. The molecule has 3 fully saturated rings. The van der Waals surface area contributed by atoms with Gasteiger partial charge in [0.1, 0.15) is 17.5 Å². The molecule has 7 heteroatoms. The summed E-state index contributed by atoms with van der Waals surface area (Å²) in [5.41, 5.74) is 2.60. The van der Waals surface area contributed by atoms with Crippen molar-refractivity contribution in [2.75, 3.05) is 5.32 Å². The normalized spacial score (nSPS) is 24.5. The molecule has 2 bridgehead atoms. The molecule has 3 aromatic heterocycles. The summed E-state index contributed by atoms with van der Waals surface area (Å²) in [5.74, 6) is 1.97. The molecule has 0 saturated heterocycles. The van der Waals surface area contributed by atoms with Crippen molar-refractivity contribution >= 4 is 16.7 Å². The summed E-state index contributed by atoms with van der Waals surface area (Å²) in [4.78, 5) is 12.6. The number of aromatic nitrogens is 4. The maximum absolute atomic E-state index is 14.3. The number of aromatic amines is 1. The Morgan fingerprint density at radius 2 is 1.85 bits per heavy atom. The van der Waals surface area contributed by atoms with Crippen LogP contribution in [0.5, 0.6) is 0 Å². The number of benzene rings is 1. The fourth-order valence-electron chi connectivity index (χ4n) is 5.96. The van der Waals surface area contributed by atoms with Crippen molar-refractivity contribution in [3.8, 4) is 22.6 Å². The molecule has 4 aromatic rings. The van der Waals surface area contributed by atoms with Gasteiger partial charge in [-0.15, -0.1) is 0 Å². The van der Waals surface area contributed by atoms with E-state index in [0.717, 1.165) is 29.1 Å². The molecule has 170 valence electrons. The minimum Gasteiger partial charge on any atom is -0.367 e. The van der Waals surface area contributed by atoms with Gasteiger partial charge in [0.05, 0.1) is 11.2 Å². The maximum atomic E-state index is 14.3. The standard InChI is InChI=1S/C26H27F2N5/c1-14-15-3-5-16(6-4-15)24(14)31-23-11-22(17-7-8-33(2)13-17)30-26(32-23)20-12-29-25-19(20)9-18(27)10-21(25)28/h7-16,24,29H,3-6H2,1-2H3,(H,30,31,32)/t14-,15?,16?,24+/m1/s1. The summed E-state index contributed by atoms with van der Waals surface area (Å²) >= 11 is 0. The minimum atomic E-state index is -0.624. The average molecular weight is 448 g/mol. The van der Waals surface area contributed by atoms with Gasteiger partial charge in [0, 0.05) is 60.3 Å². The Morgan fingerprint density at radius 3 is 2.58 bits per heavy atom. The van der Waals surface area contributed by atoms with Crippen LogP contribution in [0.3, 0.4) is 0 Å². The summed E-state index contributed by atoms with van der Waals surface area (Å²) in [6.07, 6.45) is 10.8. The van der Waals surface area contributed by atoms with Crippen LogP contribution in [-0.4, -0.2) is 25.6 Å². The van der Waals surface area contributed by atoms with Crippen LogP contribution in [0.15, 0.2) is 42.9 Å². The lowest BCUT2D eigenvalue weighted by Crippen LogP contribution is -2.47. The number of anilines is 1. The van der Waals surface area contributed by atoms with Crippen molar-refractivity contribution in [2.24, 2.45) is 24.8 Å². The molecule has 2 N–H and O–H groups in total. The van der Waals surface area contributed by atoms with Gasteiger partial charge in [0.25, 0.3) is 0 Å². The zero-order chi connectivity index (χ0) is 22.7. The molecule has 7 rings (SSSR count). The molecule has 33 heavy (non-hydrogen) atoms. The van der Waals surface area contributed by atoms with E-state index in [1.807, 2.05) is 36.1 Å². The largest absolute Gasteiger partial charge is 0.367 e. The van der Waals surface area contributed by atoms with Gasteiger partial charge in [-0.05, 0) is 55.6 Å². The molecule has 3 saturated carbocycles. The SMILES string of the molecule is C[C@@H]1C2CCC(CC2)[C@H]1Nc1cc(-c2ccn(C)c2)nc(-c2c[nH]c3c(F)cc(F)cc23)n1. The third-order valence-electron chi connectivity index (χ3n) is 7.75. The van der Waals surface area contributed by atoms with Gasteiger partial charge in [-0.3, -0.25) is 0 Å². The number of hydrogen-bond donors (Lipinski definition) is 2. The van der Waals surface area contributed by atoms with E-state index < -0.39 is 11.6 Å². The molecule has 0 amide bonds. The van der Waals surface area contributed by atoms with E-state index in [9.17, 15) is 8.78 Å². The number of nitrogens with one attached hydrogen (secondary N) is 2. The number of nitrogens with zero attached hydrogens (tertiary/aromatic N) is 3. The Kier molecular flexibility index (Phi) is 4.75. The van der Waals surface area contributed by atoms with E-state index in [4.69, 9.17) is 9.97 Å². The van der Waals surface area contributed by atoms with Gasteiger partial charge in [-0.25, -0.2) is 18.7 Å². The maximum Gasteiger partial charge on any atom is 0.164 e. The van der Waals surface area contributed by atoms with E-state index in [0.29, 0.717) is 34.7 Å². The van der Waals surface area contributed by atoms with Crippen LogP contribution in [-0.2, 0) is 7.05 Å². The molecule has 3 aliphatic rings. The second kappa shape index (κ2) is 7.68. The monoisotopic (exact) mass is 447 g/mol. The van der Waals surface area contributed by atoms with Crippen molar-refractivity contribution in [2.45, 2.75) is 38.6 Å². The van der Waals surface area contributed by atoms with Crippen molar-refractivity contribution < 1.29 is 8.78 Å². The highest BCUT2D eigenvalue weighted by Crippen LogP contribution is 2.46. The highest BCUT2D eigenvalue weighted by Gasteiger charge is 2.41. The lowest BCUT2D eigenvalue weighted by Gasteiger charge is -2.47. The lowest BCUT2D eigenvalue weighted by atomic mass is 9.62. The predicted octanol–water partition coefficient (Wildman–Crippen LogP) is 6.15. The third kappa shape index (κ3) is 3.50. The molecule has 0 unspecified atom stereocenters. The number of fused-ring (bicyclic) bond motifs is 4. The van der Waals surface area contributed by atoms with Gasteiger partial charge in [-0.2, -0.15) is 0 Å². The molecule has 1 aromatic carbocycles. The van der Waals surface area contributed by atoms with Crippen LogP contribution in [0.4, 0.5) is 14.6 Å². The fourth-order valence-corrected chi connectivity index (χ4v) is 5.96. The second-order valence-electron chi connectivity index (χ2n) is 9.74. The molecule has 0 aliphatic heterocycles. The van der Waals surface area contributed by atoms with E-state index in [1.165, 1.54) is 31.7 Å². The lowest BCUT2D eigenvalue weighted by molar-refractivity contribution is 0.0928. The van der Waals surface area contributed by atoms with E-state index >= 15 is 0 Å². The Morgan fingerprint density at radius 1 is 1.06 bits per heavy atom. The van der Waals surface area contributed by atoms with Crippen molar-refractivity contribution in [1.82, 2.24) is 19.5 Å². The molecule has 5 nitrogen and oxygen atoms in total. The van der Waals surface area contributed by atoms with Crippen LogP contribution < -0.4 is 5.32 Å². The van der Waals surface area contributed by atoms with Crippen molar-refractivity contribution in [3.05, 3.63) is 54.5 Å². The fraction of sp³-hybridized carbons (Fsp3) is 0.385. The zero-order valence-corrected chi connectivity index (χ0v) is 18.8. The molecule has 3 heterocycles. The van der Waals surface area contributed by atoms with Crippen molar-refractivity contribution in [1.29, 1.82) is 0 Å². The van der Waals surface area contributed by atoms with Crippen LogP contribution in [0.2, 0.25) is 0 Å².